The molecule has 0 radical (unpaired) electrons. The zero-order chi connectivity index (χ0) is 16.2. The molecule has 0 aliphatic heterocycles. The predicted molar refractivity (Wildman–Crippen MR) is 74.0 cm³/mol. The van der Waals surface area contributed by atoms with Crippen LogP contribution in [-0.4, -0.2) is 40.9 Å². The molecule has 10 nitrogen and oxygen atoms in total. The zero-order valence-electron chi connectivity index (χ0n) is 11.4. The normalized spacial score (nSPS) is 11.0. The maximum atomic E-state index is 11.7. The Bertz CT molecular complexity index is 769. The molecule has 1 heterocycles. The molecule has 11 heteroatoms. The number of aromatic nitrogens is 4. The molecule has 0 aliphatic rings. The molecular weight excluding hydrogens is 312 g/mol. The third-order valence-corrected chi connectivity index (χ3v) is 3.88. The van der Waals surface area contributed by atoms with Gasteiger partial charge in [-0.2, -0.15) is 5.21 Å². The molecule has 0 spiro atoms. The van der Waals surface area contributed by atoms with Crippen LogP contribution in [-0.2, 0) is 26.0 Å². The van der Waals surface area contributed by atoms with E-state index in [4.69, 9.17) is 0 Å². The van der Waals surface area contributed by atoms with E-state index in [-0.39, 0.29) is 23.0 Å². The fourth-order valence-electron chi connectivity index (χ4n) is 1.57. The highest BCUT2D eigenvalue weighted by Crippen LogP contribution is 2.14. The maximum absolute atomic E-state index is 11.7. The lowest BCUT2D eigenvalue weighted by molar-refractivity contribution is -0.117. The standard InChI is InChI=1S/C11H12N6O4S/c1-7(18)15-22(20,21)9-4-2-8(3-5-9)12-11(19)6-10-13-16-17-14-10/h2-5H,6H2,1H3,(H,12,19)(H,15,18)(H,13,14,16,17). The minimum absolute atomic E-state index is 0.0670. The van der Waals surface area contributed by atoms with Gasteiger partial charge in [-0.05, 0) is 24.3 Å². The second-order valence-electron chi connectivity index (χ2n) is 4.24. The van der Waals surface area contributed by atoms with Gasteiger partial charge in [0, 0.05) is 12.6 Å². The number of hydrogen-bond donors (Lipinski definition) is 3. The van der Waals surface area contributed by atoms with E-state index < -0.39 is 15.9 Å². The van der Waals surface area contributed by atoms with E-state index in [9.17, 15) is 18.0 Å². The number of carbonyl (C=O) groups excluding carboxylic acids is 2. The first-order chi connectivity index (χ1) is 10.4. The van der Waals surface area contributed by atoms with E-state index in [2.05, 4.69) is 25.9 Å². The molecule has 2 aromatic rings. The summed E-state index contributed by atoms with van der Waals surface area (Å²) in [6.07, 6.45) is -0.0670. The van der Waals surface area contributed by atoms with Crippen molar-refractivity contribution in [3.8, 4) is 0 Å². The molecule has 0 atom stereocenters. The first-order valence-electron chi connectivity index (χ1n) is 6.02. The molecule has 0 unspecified atom stereocenters. The van der Waals surface area contributed by atoms with Crippen LogP contribution in [0, 0.1) is 0 Å². The summed E-state index contributed by atoms with van der Waals surface area (Å²) in [5, 5.41) is 15.4. The second kappa shape index (κ2) is 6.30. The Balaban J connectivity index is 2.03. The number of aromatic amines is 1. The van der Waals surface area contributed by atoms with Crippen molar-refractivity contribution in [2.75, 3.05) is 5.32 Å². The number of anilines is 1. The van der Waals surface area contributed by atoms with Crippen LogP contribution >= 0.6 is 0 Å². The van der Waals surface area contributed by atoms with Gasteiger partial charge in [-0.3, -0.25) is 9.59 Å². The molecular formula is C11H12N6O4S. The molecule has 2 rings (SSSR count). The average Bonchev–Trinajstić information content (AvgIpc) is 2.90. The lowest BCUT2D eigenvalue weighted by Gasteiger charge is -2.07. The Kier molecular flexibility index (Phi) is 4.46. The molecule has 0 fully saturated rings. The van der Waals surface area contributed by atoms with Crippen LogP contribution in [0.1, 0.15) is 12.7 Å². The van der Waals surface area contributed by atoms with E-state index in [1.165, 1.54) is 24.3 Å². The molecule has 2 amide bonds. The number of tetrazole rings is 1. The van der Waals surface area contributed by atoms with Crippen molar-refractivity contribution in [2.45, 2.75) is 18.2 Å². The summed E-state index contributed by atoms with van der Waals surface area (Å²) in [6, 6.07) is 5.36. The van der Waals surface area contributed by atoms with Gasteiger partial charge >= 0.3 is 0 Å². The van der Waals surface area contributed by atoms with E-state index in [0.29, 0.717) is 5.69 Å². The van der Waals surface area contributed by atoms with Crippen molar-refractivity contribution in [1.29, 1.82) is 0 Å². The third kappa shape index (κ3) is 4.09. The van der Waals surface area contributed by atoms with Gasteiger partial charge in [0.05, 0.1) is 11.3 Å². The molecule has 116 valence electrons. The van der Waals surface area contributed by atoms with Crippen molar-refractivity contribution >= 4 is 27.5 Å². The van der Waals surface area contributed by atoms with Crippen molar-refractivity contribution < 1.29 is 18.0 Å². The number of H-pyrrole nitrogens is 1. The van der Waals surface area contributed by atoms with Crippen LogP contribution in [0.4, 0.5) is 5.69 Å². The topological polar surface area (TPSA) is 147 Å². The minimum atomic E-state index is -3.89. The number of rotatable bonds is 5. The van der Waals surface area contributed by atoms with Gasteiger partial charge in [-0.25, -0.2) is 13.1 Å². The molecule has 22 heavy (non-hydrogen) atoms. The number of nitrogens with zero attached hydrogens (tertiary/aromatic N) is 3. The number of sulfonamides is 1. The van der Waals surface area contributed by atoms with Crippen molar-refractivity contribution in [2.24, 2.45) is 0 Å². The highest BCUT2D eigenvalue weighted by Gasteiger charge is 2.15. The average molecular weight is 324 g/mol. The summed E-state index contributed by atoms with van der Waals surface area (Å²) in [5.41, 5.74) is 0.398. The number of benzene rings is 1. The monoisotopic (exact) mass is 324 g/mol. The Morgan fingerprint density at radius 1 is 1.23 bits per heavy atom. The van der Waals surface area contributed by atoms with Gasteiger partial charge in [0.25, 0.3) is 10.0 Å². The summed E-state index contributed by atoms with van der Waals surface area (Å²) >= 11 is 0. The molecule has 1 aromatic carbocycles. The number of carbonyl (C=O) groups is 2. The van der Waals surface area contributed by atoms with Crippen molar-refractivity contribution in [1.82, 2.24) is 25.3 Å². The highest BCUT2D eigenvalue weighted by molar-refractivity contribution is 7.90. The largest absolute Gasteiger partial charge is 0.326 e. The Labute approximate surface area is 125 Å². The van der Waals surface area contributed by atoms with Crippen LogP contribution in [0.15, 0.2) is 29.2 Å². The quantitative estimate of drug-likeness (QED) is 0.652. The van der Waals surface area contributed by atoms with Gasteiger partial charge < -0.3 is 5.32 Å². The summed E-state index contributed by atoms with van der Waals surface area (Å²) in [7, 11) is -3.89. The van der Waals surface area contributed by atoms with Gasteiger partial charge in [0.2, 0.25) is 11.8 Å². The van der Waals surface area contributed by atoms with Crippen LogP contribution in [0.5, 0.6) is 0 Å². The lowest BCUT2D eigenvalue weighted by atomic mass is 10.3. The number of nitrogens with one attached hydrogen (secondary N) is 3. The van der Waals surface area contributed by atoms with Crippen LogP contribution in [0.2, 0.25) is 0 Å². The Hall–Kier alpha value is -2.82. The van der Waals surface area contributed by atoms with Crippen LogP contribution in [0.3, 0.4) is 0 Å². The summed E-state index contributed by atoms with van der Waals surface area (Å²) in [5.74, 6) is -0.821. The number of amides is 2. The SMILES string of the molecule is CC(=O)NS(=O)(=O)c1ccc(NC(=O)Cc2nn[nH]n2)cc1. The minimum Gasteiger partial charge on any atom is -0.326 e. The molecule has 0 saturated heterocycles. The van der Waals surface area contributed by atoms with Crippen LogP contribution < -0.4 is 10.0 Å². The van der Waals surface area contributed by atoms with Gasteiger partial charge in [-0.1, -0.05) is 5.21 Å². The summed E-state index contributed by atoms with van der Waals surface area (Å²) < 4.78 is 25.3. The van der Waals surface area contributed by atoms with Crippen molar-refractivity contribution in [3.63, 3.8) is 0 Å². The molecule has 0 saturated carbocycles. The fourth-order valence-corrected chi connectivity index (χ4v) is 2.56. The first kappa shape index (κ1) is 15.6. The number of hydrogen-bond acceptors (Lipinski definition) is 7. The molecule has 1 aromatic heterocycles. The lowest BCUT2D eigenvalue weighted by Crippen LogP contribution is -2.28. The van der Waals surface area contributed by atoms with Gasteiger partial charge in [-0.15, -0.1) is 10.2 Å². The molecule has 3 N–H and O–H groups in total. The molecule has 0 aliphatic carbocycles. The first-order valence-corrected chi connectivity index (χ1v) is 7.51. The predicted octanol–water partition coefficient (Wildman–Crippen LogP) is -0.794. The Morgan fingerprint density at radius 2 is 1.91 bits per heavy atom. The summed E-state index contributed by atoms with van der Waals surface area (Å²) in [6.45, 7) is 1.10. The fraction of sp³-hybridized carbons (Fsp3) is 0.182. The van der Waals surface area contributed by atoms with Gasteiger partial charge in [0.15, 0.2) is 5.82 Å². The van der Waals surface area contributed by atoms with E-state index in [1.54, 1.807) is 0 Å². The van der Waals surface area contributed by atoms with Crippen LogP contribution in [0.25, 0.3) is 0 Å². The van der Waals surface area contributed by atoms with E-state index >= 15 is 0 Å². The van der Waals surface area contributed by atoms with E-state index in [1.807, 2.05) is 4.72 Å². The smallest absolute Gasteiger partial charge is 0.264 e. The molecule has 0 bridgehead atoms. The second-order valence-corrected chi connectivity index (χ2v) is 5.92. The maximum Gasteiger partial charge on any atom is 0.264 e. The van der Waals surface area contributed by atoms with E-state index in [0.717, 1.165) is 6.92 Å². The summed E-state index contributed by atoms with van der Waals surface area (Å²) in [4.78, 5) is 22.4. The highest BCUT2D eigenvalue weighted by atomic mass is 32.2. The van der Waals surface area contributed by atoms with Crippen molar-refractivity contribution in [3.05, 3.63) is 30.1 Å². The Morgan fingerprint density at radius 3 is 2.45 bits per heavy atom. The zero-order valence-corrected chi connectivity index (χ0v) is 12.2. The third-order valence-electron chi connectivity index (χ3n) is 2.43. The van der Waals surface area contributed by atoms with Gasteiger partial charge in [0.1, 0.15) is 0 Å².